The number of rotatable bonds is 30. The van der Waals surface area contributed by atoms with Gasteiger partial charge in [-0.05, 0) is 38.5 Å². The van der Waals surface area contributed by atoms with Gasteiger partial charge in [0, 0.05) is 6.42 Å². The van der Waals surface area contributed by atoms with Gasteiger partial charge >= 0.3 is 7.82 Å². The second-order valence-electron chi connectivity index (χ2n) is 12.9. The number of amides is 1. The minimum absolute atomic E-state index is 0.0549. The van der Waals surface area contributed by atoms with Crippen LogP contribution < -0.4 is 5.32 Å². The van der Waals surface area contributed by atoms with Gasteiger partial charge in [0.15, 0.2) is 0 Å². The Kier molecular flexibility index (Phi) is 28.2. The van der Waals surface area contributed by atoms with Gasteiger partial charge in [-0.3, -0.25) is 13.8 Å². The highest BCUT2D eigenvalue weighted by molar-refractivity contribution is 7.47. The molecule has 0 aliphatic carbocycles. The van der Waals surface area contributed by atoms with Crippen LogP contribution in [0.4, 0.5) is 0 Å². The fraction of sp³-hybridized carbons (Fsp3) is 0.703. The lowest BCUT2D eigenvalue weighted by molar-refractivity contribution is -0.870. The van der Waals surface area contributed by atoms with E-state index in [4.69, 9.17) is 9.05 Å². The van der Waals surface area contributed by atoms with Gasteiger partial charge in [-0.1, -0.05) is 132 Å². The third-order valence-corrected chi connectivity index (χ3v) is 8.29. The highest BCUT2D eigenvalue weighted by Crippen LogP contribution is 2.43. The Hall–Kier alpha value is -1.80. The predicted molar refractivity (Wildman–Crippen MR) is 193 cm³/mol. The van der Waals surface area contributed by atoms with Crippen molar-refractivity contribution >= 4 is 13.7 Å². The standard InChI is InChI=1S/C37H67N2O6P/c1-6-8-10-12-14-16-17-18-19-20-21-23-25-27-29-31-37(41)38-35(34-45-46(42,43)44-33-32-39(3,4)5)36(40)30-28-26-24-22-15-13-11-9-7-2/h8,10,14,16,18-19,21,23,27,29,35-36,40H,6-7,9,11-13,15,17,20,22,24-26,28,30-34H2,1-5H3,(H-,38,41,42,43)/p+1/b10-8-,16-14-,19-18-,23-21-,29-27-. The van der Waals surface area contributed by atoms with Gasteiger partial charge in [0.05, 0.1) is 39.9 Å². The van der Waals surface area contributed by atoms with Gasteiger partial charge < -0.3 is 19.8 Å². The second-order valence-corrected chi connectivity index (χ2v) is 14.3. The van der Waals surface area contributed by atoms with Crippen LogP contribution in [0.3, 0.4) is 0 Å². The van der Waals surface area contributed by atoms with Crippen LogP contribution in [-0.4, -0.2) is 73.4 Å². The maximum Gasteiger partial charge on any atom is 0.472 e. The van der Waals surface area contributed by atoms with E-state index < -0.39 is 20.0 Å². The zero-order chi connectivity index (χ0) is 34.4. The first-order valence-corrected chi connectivity index (χ1v) is 19.1. The van der Waals surface area contributed by atoms with E-state index >= 15 is 0 Å². The summed E-state index contributed by atoms with van der Waals surface area (Å²) in [5.74, 6) is -0.278. The van der Waals surface area contributed by atoms with Crippen LogP contribution >= 0.6 is 7.82 Å². The Morgan fingerprint density at radius 3 is 1.72 bits per heavy atom. The number of aliphatic hydroxyl groups excluding tert-OH is 1. The van der Waals surface area contributed by atoms with Crippen molar-refractivity contribution in [3.05, 3.63) is 60.8 Å². The Balaban J connectivity index is 4.68. The number of unbranched alkanes of at least 4 members (excludes halogenated alkanes) is 8. The largest absolute Gasteiger partial charge is 0.472 e. The molecule has 0 aromatic carbocycles. The van der Waals surface area contributed by atoms with Crippen molar-refractivity contribution in [2.75, 3.05) is 40.9 Å². The summed E-state index contributed by atoms with van der Waals surface area (Å²) in [4.78, 5) is 22.9. The number of nitrogens with zero attached hydrogens (tertiary/aromatic N) is 1. The molecule has 9 heteroatoms. The summed E-state index contributed by atoms with van der Waals surface area (Å²) in [5, 5.41) is 13.7. The zero-order valence-electron chi connectivity index (χ0n) is 29.8. The lowest BCUT2D eigenvalue weighted by atomic mass is 10.0. The molecule has 3 atom stereocenters. The van der Waals surface area contributed by atoms with Gasteiger partial charge in [0.25, 0.3) is 0 Å². The number of likely N-dealkylation sites (N-methyl/N-ethyl adjacent to an activating group) is 1. The molecule has 3 unspecified atom stereocenters. The monoisotopic (exact) mass is 667 g/mol. The number of allylic oxidation sites excluding steroid dienone is 9. The highest BCUT2D eigenvalue weighted by atomic mass is 31.2. The van der Waals surface area contributed by atoms with Gasteiger partial charge in [-0.2, -0.15) is 0 Å². The number of phosphoric acid groups is 1. The van der Waals surface area contributed by atoms with Crippen molar-refractivity contribution in [1.82, 2.24) is 5.32 Å². The summed E-state index contributed by atoms with van der Waals surface area (Å²) in [5.41, 5.74) is 0. The average Bonchev–Trinajstić information content (AvgIpc) is 2.99. The lowest BCUT2D eigenvalue weighted by Gasteiger charge is -2.26. The summed E-state index contributed by atoms with van der Waals surface area (Å²) in [6.07, 6.45) is 35.6. The van der Waals surface area contributed by atoms with Gasteiger partial charge in [0.1, 0.15) is 13.2 Å². The van der Waals surface area contributed by atoms with E-state index in [-0.39, 0.29) is 25.5 Å². The molecule has 8 nitrogen and oxygen atoms in total. The van der Waals surface area contributed by atoms with E-state index in [1.165, 1.54) is 38.5 Å². The molecule has 1 amide bonds. The van der Waals surface area contributed by atoms with E-state index in [0.717, 1.165) is 51.4 Å². The number of phosphoric ester groups is 1. The molecule has 3 N–H and O–H groups in total. The summed E-state index contributed by atoms with van der Waals surface area (Å²) in [6.45, 7) is 4.63. The highest BCUT2D eigenvalue weighted by Gasteiger charge is 2.28. The van der Waals surface area contributed by atoms with E-state index in [9.17, 15) is 19.4 Å². The molecule has 0 heterocycles. The summed E-state index contributed by atoms with van der Waals surface area (Å²) in [6, 6.07) is -0.813. The normalized spacial score (nSPS) is 15.5. The van der Waals surface area contributed by atoms with Gasteiger partial charge in [-0.15, -0.1) is 0 Å². The van der Waals surface area contributed by atoms with E-state index in [2.05, 4.69) is 67.8 Å². The molecular formula is C37H68N2O6P+. The molecule has 46 heavy (non-hydrogen) atoms. The van der Waals surface area contributed by atoms with Crippen molar-refractivity contribution in [3.63, 3.8) is 0 Å². The molecule has 0 aliphatic rings. The zero-order valence-corrected chi connectivity index (χ0v) is 30.7. The predicted octanol–water partition coefficient (Wildman–Crippen LogP) is 8.73. The lowest BCUT2D eigenvalue weighted by Crippen LogP contribution is -2.46. The number of carbonyl (C=O) groups is 1. The summed E-state index contributed by atoms with van der Waals surface area (Å²) in [7, 11) is 1.54. The molecule has 0 saturated heterocycles. The van der Waals surface area contributed by atoms with Crippen LogP contribution in [0.5, 0.6) is 0 Å². The Bertz CT molecular complexity index is 939. The number of hydrogen-bond donors (Lipinski definition) is 3. The van der Waals surface area contributed by atoms with Gasteiger partial charge in [0.2, 0.25) is 5.91 Å². The van der Waals surface area contributed by atoms with Crippen LogP contribution in [0, 0.1) is 0 Å². The van der Waals surface area contributed by atoms with Crippen LogP contribution in [0.25, 0.3) is 0 Å². The molecular weight excluding hydrogens is 599 g/mol. The van der Waals surface area contributed by atoms with Crippen molar-refractivity contribution in [1.29, 1.82) is 0 Å². The fourth-order valence-electron chi connectivity index (χ4n) is 4.46. The Morgan fingerprint density at radius 1 is 0.739 bits per heavy atom. The maximum absolute atomic E-state index is 12.7. The number of quaternary nitrogens is 1. The van der Waals surface area contributed by atoms with Crippen LogP contribution in [0.1, 0.15) is 117 Å². The minimum Gasteiger partial charge on any atom is -0.391 e. The van der Waals surface area contributed by atoms with E-state index in [1.54, 1.807) is 6.08 Å². The number of hydrogen-bond acceptors (Lipinski definition) is 5. The fourth-order valence-corrected chi connectivity index (χ4v) is 5.20. The molecule has 0 aromatic rings. The topological polar surface area (TPSA) is 105 Å². The maximum atomic E-state index is 12.7. The molecule has 0 fully saturated rings. The number of carbonyl (C=O) groups excluding carboxylic acids is 1. The first-order chi connectivity index (χ1) is 22.0. The minimum atomic E-state index is -4.33. The second kappa shape index (κ2) is 29.3. The first kappa shape index (κ1) is 44.2. The molecule has 0 aromatic heterocycles. The number of aliphatic hydroxyl groups is 1. The van der Waals surface area contributed by atoms with E-state index in [0.29, 0.717) is 17.4 Å². The van der Waals surface area contributed by atoms with Crippen molar-refractivity contribution in [3.8, 4) is 0 Å². The van der Waals surface area contributed by atoms with Crippen LogP contribution in [0.15, 0.2) is 60.8 Å². The molecule has 0 bridgehead atoms. The van der Waals surface area contributed by atoms with Crippen molar-refractivity contribution in [2.24, 2.45) is 0 Å². The third-order valence-electron chi connectivity index (χ3n) is 7.31. The first-order valence-electron chi connectivity index (χ1n) is 17.7. The van der Waals surface area contributed by atoms with Crippen molar-refractivity contribution < 1.29 is 32.9 Å². The molecule has 0 spiro atoms. The molecule has 0 aliphatic heterocycles. The van der Waals surface area contributed by atoms with E-state index in [1.807, 2.05) is 27.2 Å². The molecule has 266 valence electrons. The summed E-state index contributed by atoms with van der Waals surface area (Å²) < 4.78 is 23.4. The average molecular weight is 668 g/mol. The Morgan fingerprint density at radius 2 is 1.22 bits per heavy atom. The smallest absolute Gasteiger partial charge is 0.391 e. The molecule has 0 radical (unpaired) electrons. The van der Waals surface area contributed by atoms with Crippen LogP contribution in [-0.2, 0) is 18.4 Å². The summed E-state index contributed by atoms with van der Waals surface area (Å²) >= 11 is 0. The third kappa shape index (κ3) is 30.8. The quantitative estimate of drug-likeness (QED) is 0.0306. The van der Waals surface area contributed by atoms with Crippen molar-refractivity contribution in [2.45, 2.75) is 129 Å². The van der Waals surface area contributed by atoms with Gasteiger partial charge in [-0.25, -0.2) is 4.57 Å². The molecule has 0 saturated carbocycles. The Labute approximate surface area is 281 Å². The molecule has 0 rings (SSSR count). The SMILES string of the molecule is CC/C=C\C/C=C\C/C=C\C/C=C\C/C=C\CC(=O)NC(COP(=O)(O)OCC[N+](C)(C)C)C(O)CCCCCCCCCCC. The van der Waals surface area contributed by atoms with Crippen LogP contribution in [0.2, 0.25) is 0 Å². The number of nitrogens with one attached hydrogen (secondary N) is 1.